The van der Waals surface area contributed by atoms with E-state index in [4.69, 9.17) is 0 Å². The summed E-state index contributed by atoms with van der Waals surface area (Å²) in [5.41, 5.74) is 2.48. The van der Waals surface area contributed by atoms with Gasteiger partial charge in [-0.2, -0.15) is 0 Å². The predicted molar refractivity (Wildman–Crippen MR) is 82.9 cm³/mol. The van der Waals surface area contributed by atoms with Gasteiger partial charge in [-0.3, -0.25) is 0 Å². The quantitative estimate of drug-likeness (QED) is 0.814. The van der Waals surface area contributed by atoms with Crippen molar-refractivity contribution in [1.82, 2.24) is 9.97 Å². The lowest BCUT2D eigenvalue weighted by Crippen LogP contribution is -2.24. The number of hydrogen-bond donors (Lipinski definition) is 0. The number of hydrogen-bond acceptors (Lipinski definition) is 3. The van der Waals surface area contributed by atoms with Gasteiger partial charge in [0.1, 0.15) is 17.9 Å². The number of halogens is 1. The topological polar surface area (TPSA) is 42.9 Å². The van der Waals surface area contributed by atoms with Crippen LogP contribution in [0.2, 0.25) is 0 Å². The zero-order valence-electron chi connectivity index (χ0n) is 12.6. The molecular weight excluding hydrogens is 279 g/mol. The first-order valence-corrected chi connectivity index (χ1v) is 7.28. The van der Waals surface area contributed by atoms with Crippen LogP contribution in [0.25, 0.3) is 5.57 Å². The Morgan fingerprint density at radius 3 is 2.64 bits per heavy atom. The zero-order chi connectivity index (χ0) is 15.7. The number of allylic oxidation sites excluding steroid dienone is 2. The zero-order valence-corrected chi connectivity index (χ0v) is 12.6. The number of carbonyl (C=O) groups is 1. The molecular formula is C18H17FN2O. The summed E-state index contributed by atoms with van der Waals surface area (Å²) in [5.74, 6) is 0.434. The highest BCUT2D eigenvalue weighted by Gasteiger charge is 2.36. The first-order valence-electron chi connectivity index (χ1n) is 7.28. The number of aromatic nitrogens is 2. The summed E-state index contributed by atoms with van der Waals surface area (Å²) in [5, 5.41) is 0. The van der Waals surface area contributed by atoms with Gasteiger partial charge in [0, 0.05) is 18.0 Å². The van der Waals surface area contributed by atoms with E-state index in [0.29, 0.717) is 17.8 Å². The van der Waals surface area contributed by atoms with Crippen molar-refractivity contribution in [2.24, 2.45) is 0 Å². The molecule has 1 aromatic carbocycles. The lowest BCUT2D eigenvalue weighted by molar-refractivity contribution is -0.111. The Morgan fingerprint density at radius 1 is 1.23 bits per heavy atom. The minimum atomic E-state index is -0.758. The van der Waals surface area contributed by atoms with E-state index in [2.05, 4.69) is 9.97 Å². The number of rotatable bonds is 3. The second-order valence-corrected chi connectivity index (χ2v) is 5.76. The lowest BCUT2D eigenvalue weighted by atomic mass is 9.79. The van der Waals surface area contributed by atoms with Crippen molar-refractivity contribution >= 4 is 11.9 Å². The van der Waals surface area contributed by atoms with Gasteiger partial charge in [-0.1, -0.05) is 18.2 Å². The third-order valence-electron chi connectivity index (χ3n) is 4.37. The van der Waals surface area contributed by atoms with Crippen LogP contribution in [0.4, 0.5) is 4.39 Å². The van der Waals surface area contributed by atoms with Crippen LogP contribution >= 0.6 is 0 Å². The molecule has 1 atom stereocenters. The molecule has 1 aliphatic rings. The van der Waals surface area contributed by atoms with Crippen molar-refractivity contribution in [3.8, 4) is 0 Å². The van der Waals surface area contributed by atoms with Crippen LogP contribution < -0.4 is 0 Å². The fourth-order valence-corrected chi connectivity index (χ4v) is 3.06. The molecule has 0 bridgehead atoms. The van der Waals surface area contributed by atoms with Crippen molar-refractivity contribution in [2.75, 3.05) is 0 Å². The molecule has 1 aliphatic carbocycles. The maximum absolute atomic E-state index is 13.8. The second kappa shape index (κ2) is 5.44. The van der Waals surface area contributed by atoms with E-state index in [-0.39, 0.29) is 5.82 Å². The fraction of sp³-hybridized carbons (Fsp3) is 0.278. The Hall–Kier alpha value is -2.36. The molecule has 112 valence electrons. The van der Waals surface area contributed by atoms with Crippen LogP contribution in [0, 0.1) is 19.7 Å². The summed E-state index contributed by atoms with van der Waals surface area (Å²) >= 11 is 0. The number of carbonyl (C=O) groups excluding carboxylic acids is 1. The molecule has 0 saturated heterocycles. The summed E-state index contributed by atoms with van der Waals surface area (Å²) in [6, 6.07) is 4.91. The highest BCUT2D eigenvalue weighted by atomic mass is 19.1. The van der Waals surface area contributed by atoms with Gasteiger partial charge in [-0.15, -0.1) is 0 Å². The van der Waals surface area contributed by atoms with Gasteiger partial charge in [-0.05, 0) is 49.5 Å². The Balaban J connectivity index is 2.07. The number of aldehydes is 1. The average Bonchev–Trinajstić information content (AvgIpc) is 2.96. The first-order chi connectivity index (χ1) is 10.6. The molecule has 0 radical (unpaired) electrons. The summed E-state index contributed by atoms with van der Waals surface area (Å²) in [4.78, 5) is 20.2. The SMILES string of the molecule is Cc1ncc(C2=C[C@@](C=O)(c3cccc(F)c3C)CC2)cn1. The minimum absolute atomic E-state index is 0.278. The largest absolute Gasteiger partial charge is 0.302 e. The summed E-state index contributed by atoms with van der Waals surface area (Å²) in [7, 11) is 0. The van der Waals surface area contributed by atoms with E-state index in [1.54, 1.807) is 25.4 Å². The van der Waals surface area contributed by atoms with Crippen molar-refractivity contribution in [2.45, 2.75) is 32.1 Å². The molecule has 3 nitrogen and oxygen atoms in total. The molecule has 0 amide bonds. The van der Waals surface area contributed by atoms with E-state index >= 15 is 0 Å². The molecule has 22 heavy (non-hydrogen) atoms. The molecule has 2 aromatic rings. The highest BCUT2D eigenvalue weighted by molar-refractivity contribution is 5.82. The first kappa shape index (κ1) is 14.6. The lowest BCUT2D eigenvalue weighted by Gasteiger charge is -2.23. The highest BCUT2D eigenvalue weighted by Crippen LogP contribution is 2.42. The van der Waals surface area contributed by atoms with Crippen LogP contribution in [0.3, 0.4) is 0 Å². The molecule has 0 spiro atoms. The van der Waals surface area contributed by atoms with Crippen molar-refractivity contribution in [3.63, 3.8) is 0 Å². The van der Waals surface area contributed by atoms with Gasteiger partial charge >= 0.3 is 0 Å². The monoisotopic (exact) mass is 296 g/mol. The smallest absolute Gasteiger partial charge is 0.134 e. The molecule has 0 fully saturated rings. The van der Waals surface area contributed by atoms with Gasteiger partial charge in [0.05, 0.1) is 5.41 Å². The van der Waals surface area contributed by atoms with E-state index in [1.165, 1.54) is 6.07 Å². The van der Waals surface area contributed by atoms with Crippen molar-refractivity contribution in [3.05, 3.63) is 65.0 Å². The van der Waals surface area contributed by atoms with Gasteiger partial charge in [0.25, 0.3) is 0 Å². The van der Waals surface area contributed by atoms with Gasteiger partial charge in [0.15, 0.2) is 0 Å². The van der Waals surface area contributed by atoms with Gasteiger partial charge in [-0.25, -0.2) is 14.4 Å². The predicted octanol–water partition coefficient (Wildman–Crippen LogP) is 3.55. The van der Waals surface area contributed by atoms with E-state index in [9.17, 15) is 9.18 Å². The van der Waals surface area contributed by atoms with Crippen LogP contribution in [0.1, 0.15) is 35.4 Å². The normalized spacial score (nSPS) is 20.8. The van der Waals surface area contributed by atoms with Crippen molar-refractivity contribution < 1.29 is 9.18 Å². The Bertz CT molecular complexity index is 752. The minimum Gasteiger partial charge on any atom is -0.302 e. The van der Waals surface area contributed by atoms with E-state index in [0.717, 1.165) is 29.4 Å². The Labute approximate surface area is 128 Å². The standard InChI is InChI=1S/C18H17FN2O/c1-12-16(4-3-5-17(12)19)18(11-22)7-6-14(8-18)15-9-20-13(2)21-10-15/h3-5,8-11H,6-7H2,1-2H3/t18-/m0/s1. The molecule has 0 N–H and O–H groups in total. The average molecular weight is 296 g/mol. The molecule has 0 saturated carbocycles. The molecule has 4 heteroatoms. The van der Waals surface area contributed by atoms with E-state index < -0.39 is 5.41 Å². The number of aryl methyl sites for hydroxylation is 1. The molecule has 0 unspecified atom stereocenters. The summed E-state index contributed by atoms with van der Waals surface area (Å²) in [6.07, 6.45) is 7.80. The summed E-state index contributed by atoms with van der Waals surface area (Å²) in [6.45, 7) is 3.55. The number of benzene rings is 1. The maximum Gasteiger partial charge on any atom is 0.134 e. The molecule has 0 aliphatic heterocycles. The Morgan fingerprint density at radius 2 is 1.95 bits per heavy atom. The van der Waals surface area contributed by atoms with Crippen LogP contribution in [0.5, 0.6) is 0 Å². The fourth-order valence-electron chi connectivity index (χ4n) is 3.06. The van der Waals surface area contributed by atoms with Crippen LogP contribution in [-0.4, -0.2) is 16.3 Å². The van der Waals surface area contributed by atoms with Crippen LogP contribution in [0.15, 0.2) is 36.7 Å². The van der Waals surface area contributed by atoms with Gasteiger partial charge < -0.3 is 4.79 Å². The second-order valence-electron chi connectivity index (χ2n) is 5.76. The van der Waals surface area contributed by atoms with Crippen molar-refractivity contribution in [1.29, 1.82) is 0 Å². The number of nitrogens with zero attached hydrogens (tertiary/aromatic N) is 2. The molecule has 1 heterocycles. The maximum atomic E-state index is 13.8. The van der Waals surface area contributed by atoms with Crippen LogP contribution in [-0.2, 0) is 10.2 Å². The summed E-state index contributed by atoms with van der Waals surface area (Å²) < 4.78 is 13.8. The third-order valence-corrected chi connectivity index (χ3v) is 4.37. The third kappa shape index (κ3) is 2.34. The molecule has 3 rings (SSSR count). The van der Waals surface area contributed by atoms with E-state index in [1.807, 2.05) is 19.1 Å². The van der Waals surface area contributed by atoms with Gasteiger partial charge in [0.2, 0.25) is 0 Å². The molecule has 1 aromatic heterocycles. The Kier molecular flexibility index (Phi) is 3.61.